The number of piperidine rings is 1. The fourth-order valence-corrected chi connectivity index (χ4v) is 2.67. The van der Waals surface area contributed by atoms with Crippen molar-refractivity contribution in [3.8, 4) is 0 Å². The topological polar surface area (TPSA) is 97.6 Å². The molecule has 1 fully saturated rings. The maximum absolute atomic E-state index is 11.2. The Hall–Kier alpha value is -3.03. The van der Waals surface area contributed by atoms with E-state index in [0.717, 1.165) is 17.6 Å². The summed E-state index contributed by atoms with van der Waals surface area (Å²) in [6.07, 6.45) is 9.98. The van der Waals surface area contributed by atoms with E-state index in [1.807, 2.05) is 16.9 Å². The number of amides is 1. The fourth-order valence-electron chi connectivity index (χ4n) is 2.67. The molecular formula is C15H15N7O. The van der Waals surface area contributed by atoms with Crippen LogP contribution >= 0.6 is 0 Å². The second-order valence-corrected chi connectivity index (χ2v) is 5.41. The smallest absolute Gasteiger partial charge is 0.220 e. The summed E-state index contributed by atoms with van der Waals surface area (Å²) in [5, 5.41) is 10.5. The van der Waals surface area contributed by atoms with Crippen molar-refractivity contribution in [2.75, 3.05) is 11.9 Å². The number of nitrogens with one attached hydrogen (secondary N) is 2. The molecule has 1 atom stereocenters. The van der Waals surface area contributed by atoms with Crippen molar-refractivity contribution < 1.29 is 4.79 Å². The van der Waals surface area contributed by atoms with Crippen molar-refractivity contribution in [2.24, 2.45) is 0 Å². The molecule has 23 heavy (non-hydrogen) atoms. The highest BCUT2D eigenvalue weighted by Gasteiger charge is 2.20. The summed E-state index contributed by atoms with van der Waals surface area (Å²) < 4.78 is 1.87. The zero-order chi connectivity index (χ0) is 15.6. The van der Waals surface area contributed by atoms with Crippen LogP contribution in [0, 0.1) is 0 Å². The van der Waals surface area contributed by atoms with Gasteiger partial charge in [-0.3, -0.25) is 14.5 Å². The zero-order valence-corrected chi connectivity index (χ0v) is 12.3. The summed E-state index contributed by atoms with van der Waals surface area (Å²) in [6.45, 7) is 0.609. The first-order valence-electron chi connectivity index (χ1n) is 7.43. The molecule has 4 heterocycles. The molecule has 0 aromatic carbocycles. The molecule has 3 aromatic heterocycles. The van der Waals surface area contributed by atoms with E-state index >= 15 is 0 Å². The van der Waals surface area contributed by atoms with Gasteiger partial charge in [-0.2, -0.15) is 5.10 Å². The van der Waals surface area contributed by atoms with Crippen molar-refractivity contribution in [2.45, 2.75) is 18.9 Å². The second-order valence-electron chi connectivity index (χ2n) is 5.41. The number of rotatable bonds is 3. The first kappa shape index (κ1) is 13.6. The Morgan fingerprint density at radius 3 is 3.00 bits per heavy atom. The van der Waals surface area contributed by atoms with E-state index in [2.05, 4.69) is 30.7 Å². The fraction of sp³-hybridized carbons (Fsp3) is 0.267. The molecule has 3 aromatic rings. The van der Waals surface area contributed by atoms with Crippen LogP contribution in [0.5, 0.6) is 0 Å². The van der Waals surface area contributed by atoms with Gasteiger partial charge in [0.1, 0.15) is 5.52 Å². The maximum Gasteiger partial charge on any atom is 0.220 e. The quantitative estimate of drug-likeness (QED) is 0.759. The first-order chi connectivity index (χ1) is 11.3. The van der Waals surface area contributed by atoms with Crippen LogP contribution in [0.3, 0.4) is 0 Å². The number of nitrogens with zero attached hydrogens (tertiary/aromatic N) is 5. The van der Waals surface area contributed by atoms with Gasteiger partial charge in [0.25, 0.3) is 0 Å². The Morgan fingerprint density at radius 2 is 2.13 bits per heavy atom. The predicted molar refractivity (Wildman–Crippen MR) is 84.1 cm³/mol. The zero-order valence-electron chi connectivity index (χ0n) is 12.3. The van der Waals surface area contributed by atoms with Gasteiger partial charge in [0.2, 0.25) is 5.91 Å². The minimum absolute atomic E-state index is 0.102. The molecule has 1 unspecified atom stereocenters. The molecule has 0 saturated carbocycles. The molecule has 1 aliphatic rings. The Morgan fingerprint density at radius 1 is 1.22 bits per heavy atom. The minimum atomic E-state index is 0.102. The molecule has 1 aliphatic heterocycles. The number of carbonyl (C=O) groups excluding carboxylic acids is 1. The summed E-state index contributed by atoms with van der Waals surface area (Å²) in [6, 6.07) is 2.00. The van der Waals surface area contributed by atoms with Gasteiger partial charge in [0.15, 0.2) is 5.82 Å². The molecule has 0 aliphatic carbocycles. The normalized spacial score (nSPS) is 17.9. The van der Waals surface area contributed by atoms with E-state index in [1.165, 1.54) is 0 Å². The van der Waals surface area contributed by atoms with Gasteiger partial charge < -0.3 is 10.6 Å². The third-order valence-electron chi connectivity index (χ3n) is 3.86. The molecule has 0 spiro atoms. The van der Waals surface area contributed by atoms with Crippen LogP contribution < -0.4 is 10.6 Å². The van der Waals surface area contributed by atoms with Gasteiger partial charge in [-0.1, -0.05) is 0 Å². The SMILES string of the molecule is O=C1CCC(n2cc(Nc3nccc4nccnc34)cn2)CN1. The molecule has 4 rings (SSSR count). The van der Waals surface area contributed by atoms with Gasteiger partial charge in [0.05, 0.1) is 23.4 Å². The summed E-state index contributed by atoms with van der Waals surface area (Å²) in [5.41, 5.74) is 2.33. The Kier molecular flexibility index (Phi) is 3.34. The monoisotopic (exact) mass is 309 g/mol. The van der Waals surface area contributed by atoms with Crippen LogP contribution in [-0.4, -0.2) is 37.2 Å². The Balaban J connectivity index is 1.56. The van der Waals surface area contributed by atoms with Crippen LogP contribution in [0.4, 0.5) is 11.5 Å². The molecule has 0 radical (unpaired) electrons. The lowest BCUT2D eigenvalue weighted by Gasteiger charge is -2.22. The van der Waals surface area contributed by atoms with E-state index in [9.17, 15) is 4.79 Å². The Labute approximate surface area is 132 Å². The average Bonchev–Trinajstić information content (AvgIpc) is 3.04. The lowest BCUT2D eigenvalue weighted by molar-refractivity contribution is -0.122. The van der Waals surface area contributed by atoms with Crippen molar-refractivity contribution in [3.05, 3.63) is 37.1 Å². The highest BCUT2D eigenvalue weighted by atomic mass is 16.1. The van der Waals surface area contributed by atoms with Gasteiger partial charge in [-0.05, 0) is 12.5 Å². The molecule has 8 heteroatoms. The maximum atomic E-state index is 11.2. The van der Waals surface area contributed by atoms with Gasteiger partial charge in [-0.15, -0.1) is 0 Å². The number of fused-ring (bicyclic) bond motifs is 1. The van der Waals surface area contributed by atoms with Crippen LogP contribution in [0.25, 0.3) is 11.0 Å². The van der Waals surface area contributed by atoms with Crippen LogP contribution in [0.2, 0.25) is 0 Å². The number of hydrogen-bond donors (Lipinski definition) is 2. The number of pyridine rings is 1. The number of aromatic nitrogens is 5. The number of carbonyl (C=O) groups is 1. The second kappa shape index (κ2) is 5.64. The minimum Gasteiger partial charge on any atom is -0.354 e. The Bertz CT molecular complexity index is 844. The molecule has 116 valence electrons. The molecule has 0 bridgehead atoms. The third kappa shape index (κ3) is 2.70. The summed E-state index contributed by atoms with van der Waals surface area (Å²) in [5.74, 6) is 0.748. The van der Waals surface area contributed by atoms with Gasteiger partial charge >= 0.3 is 0 Å². The molecule has 1 amide bonds. The summed E-state index contributed by atoms with van der Waals surface area (Å²) >= 11 is 0. The molecule has 2 N–H and O–H groups in total. The third-order valence-corrected chi connectivity index (χ3v) is 3.86. The summed E-state index contributed by atoms with van der Waals surface area (Å²) in [4.78, 5) is 24.1. The molecule has 1 saturated heterocycles. The first-order valence-corrected chi connectivity index (χ1v) is 7.43. The van der Waals surface area contributed by atoms with E-state index in [-0.39, 0.29) is 11.9 Å². The van der Waals surface area contributed by atoms with Crippen molar-refractivity contribution in [1.29, 1.82) is 0 Å². The average molecular weight is 309 g/mol. The van der Waals surface area contributed by atoms with Crippen molar-refractivity contribution in [1.82, 2.24) is 30.0 Å². The predicted octanol–water partition coefficient (Wildman–Crippen LogP) is 1.42. The largest absolute Gasteiger partial charge is 0.354 e. The number of hydrogen-bond acceptors (Lipinski definition) is 6. The van der Waals surface area contributed by atoms with E-state index in [1.54, 1.807) is 24.8 Å². The van der Waals surface area contributed by atoms with Crippen molar-refractivity contribution >= 4 is 28.4 Å². The van der Waals surface area contributed by atoms with E-state index in [4.69, 9.17) is 0 Å². The lowest BCUT2D eigenvalue weighted by Crippen LogP contribution is -2.36. The molecular weight excluding hydrogens is 294 g/mol. The lowest BCUT2D eigenvalue weighted by atomic mass is 10.1. The van der Waals surface area contributed by atoms with Crippen LogP contribution in [0.1, 0.15) is 18.9 Å². The number of anilines is 2. The summed E-state index contributed by atoms with van der Waals surface area (Å²) in [7, 11) is 0. The van der Waals surface area contributed by atoms with E-state index in [0.29, 0.717) is 24.3 Å². The van der Waals surface area contributed by atoms with Crippen molar-refractivity contribution in [3.63, 3.8) is 0 Å². The van der Waals surface area contributed by atoms with Crippen LogP contribution in [0.15, 0.2) is 37.1 Å². The highest BCUT2D eigenvalue weighted by molar-refractivity contribution is 5.86. The van der Waals surface area contributed by atoms with Gasteiger partial charge in [0, 0.05) is 37.8 Å². The van der Waals surface area contributed by atoms with Crippen LogP contribution in [-0.2, 0) is 4.79 Å². The van der Waals surface area contributed by atoms with E-state index < -0.39 is 0 Å². The van der Waals surface area contributed by atoms with Gasteiger partial charge in [-0.25, -0.2) is 9.97 Å². The standard InChI is InChI=1S/C15H15N7O/c23-13-2-1-11(8-19-13)22-9-10(7-20-22)21-15-14-12(3-4-18-15)16-5-6-17-14/h3-7,9,11H,1-2,8H2,(H,18,21)(H,19,23). The highest BCUT2D eigenvalue weighted by Crippen LogP contribution is 2.23. The molecule has 8 nitrogen and oxygen atoms in total.